The Morgan fingerprint density at radius 2 is 2.23 bits per heavy atom. The van der Waals surface area contributed by atoms with Gasteiger partial charge in [-0.25, -0.2) is 0 Å². The topological polar surface area (TPSA) is 49.4 Å². The van der Waals surface area contributed by atoms with Crippen molar-refractivity contribution >= 4 is 12.1 Å². The summed E-state index contributed by atoms with van der Waals surface area (Å²) in [6, 6.07) is -0.302. The molecule has 1 aliphatic heterocycles. The average molecular weight is 184 g/mol. The first-order valence-electron chi connectivity index (χ1n) is 4.45. The first-order valence-corrected chi connectivity index (χ1v) is 4.45. The normalized spacial score (nSPS) is 28.4. The molecule has 0 radical (unpaired) electrons. The molecule has 1 N–H and O–H groups in total. The molecule has 4 heteroatoms. The van der Waals surface area contributed by atoms with E-state index in [2.05, 4.69) is 10.2 Å². The van der Waals surface area contributed by atoms with Crippen LogP contribution in [0.15, 0.2) is 0 Å². The van der Waals surface area contributed by atoms with Crippen LogP contribution < -0.4 is 5.32 Å². The summed E-state index contributed by atoms with van der Waals surface area (Å²) in [5.41, 5.74) is -0.207. The Hall–Kier alpha value is -0.740. The number of nitrogens with zero attached hydrogens (tertiary/aromatic N) is 1. The lowest BCUT2D eigenvalue weighted by Crippen LogP contribution is -2.63. The van der Waals surface area contributed by atoms with Gasteiger partial charge in [-0.15, -0.1) is 0 Å². The molecule has 1 rings (SSSR count). The zero-order valence-electron chi connectivity index (χ0n) is 8.33. The van der Waals surface area contributed by atoms with Gasteiger partial charge in [0, 0.05) is 6.54 Å². The predicted octanol–water partition coefficient (Wildman–Crippen LogP) is -0.216. The lowest BCUT2D eigenvalue weighted by molar-refractivity contribution is -0.133. The first kappa shape index (κ1) is 10.3. The van der Waals surface area contributed by atoms with Gasteiger partial charge >= 0.3 is 0 Å². The summed E-state index contributed by atoms with van der Waals surface area (Å²) in [7, 11) is 1.99. The van der Waals surface area contributed by atoms with E-state index in [0.717, 1.165) is 6.54 Å². The number of ketones is 1. The van der Waals surface area contributed by atoms with Crippen molar-refractivity contribution < 1.29 is 9.59 Å². The van der Waals surface area contributed by atoms with Gasteiger partial charge in [-0.2, -0.15) is 0 Å². The van der Waals surface area contributed by atoms with Crippen LogP contribution in [0, 0.1) is 0 Å². The molecule has 74 valence electrons. The first-order chi connectivity index (χ1) is 5.97. The third-order valence-corrected chi connectivity index (χ3v) is 2.69. The van der Waals surface area contributed by atoms with Gasteiger partial charge in [-0.3, -0.25) is 19.8 Å². The molecule has 0 aromatic carbocycles. The smallest absolute Gasteiger partial charge is 0.212 e. The van der Waals surface area contributed by atoms with Gasteiger partial charge in [-0.05, 0) is 27.3 Å². The van der Waals surface area contributed by atoms with E-state index in [4.69, 9.17) is 0 Å². The molecular formula is C9H16N2O2. The molecule has 0 saturated carbocycles. The molecule has 1 aliphatic rings. The van der Waals surface area contributed by atoms with Gasteiger partial charge in [0.2, 0.25) is 5.78 Å². The number of carbonyl (C=O) groups excluding carboxylic acids is 2. The van der Waals surface area contributed by atoms with E-state index in [1.54, 1.807) is 0 Å². The summed E-state index contributed by atoms with van der Waals surface area (Å²) < 4.78 is 0. The lowest BCUT2D eigenvalue weighted by atomic mass is 10.0. The Kier molecular flexibility index (Phi) is 2.83. The summed E-state index contributed by atoms with van der Waals surface area (Å²) in [4.78, 5) is 23.5. The van der Waals surface area contributed by atoms with Gasteiger partial charge in [0.15, 0.2) is 6.29 Å². The fourth-order valence-electron chi connectivity index (χ4n) is 1.51. The molecular weight excluding hydrogens is 168 g/mol. The van der Waals surface area contributed by atoms with Crippen LogP contribution >= 0.6 is 0 Å². The maximum Gasteiger partial charge on any atom is 0.212 e. The molecule has 4 nitrogen and oxygen atoms in total. The van der Waals surface area contributed by atoms with Gasteiger partial charge in [0.1, 0.15) is 0 Å². The van der Waals surface area contributed by atoms with Crippen molar-refractivity contribution in [1.82, 2.24) is 10.2 Å². The van der Waals surface area contributed by atoms with E-state index in [-0.39, 0.29) is 17.5 Å². The van der Waals surface area contributed by atoms with Crippen molar-refractivity contribution in [3.63, 3.8) is 0 Å². The number of hydrogen-bond donors (Lipinski definition) is 1. The maximum atomic E-state index is 11.1. The minimum atomic E-state index is -0.346. The highest BCUT2D eigenvalue weighted by Crippen LogP contribution is 2.16. The average Bonchev–Trinajstić information content (AvgIpc) is 2.08. The largest absolute Gasteiger partial charge is 0.295 e. The van der Waals surface area contributed by atoms with Crippen LogP contribution in [0.3, 0.4) is 0 Å². The highest BCUT2D eigenvalue weighted by molar-refractivity contribution is 6.27. The molecule has 1 heterocycles. The quantitative estimate of drug-likeness (QED) is 0.476. The predicted molar refractivity (Wildman–Crippen MR) is 49.3 cm³/mol. The van der Waals surface area contributed by atoms with E-state index in [1.807, 2.05) is 20.9 Å². The molecule has 0 aliphatic carbocycles. The molecule has 1 atom stereocenters. The molecule has 1 fully saturated rings. The van der Waals surface area contributed by atoms with E-state index in [1.165, 1.54) is 0 Å². The number of aldehydes is 1. The zero-order valence-corrected chi connectivity index (χ0v) is 8.33. The van der Waals surface area contributed by atoms with Crippen LogP contribution in [-0.2, 0) is 9.59 Å². The van der Waals surface area contributed by atoms with Crippen molar-refractivity contribution in [2.45, 2.75) is 32.0 Å². The van der Waals surface area contributed by atoms with Crippen LogP contribution in [0.5, 0.6) is 0 Å². The SMILES string of the molecule is CN1CCC(C(=O)C=O)NC1(C)C. The standard InChI is InChI=1S/C9H16N2O2/c1-9(2)10-7(8(13)6-12)4-5-11(9)3/h6-7,10H,4-5H2,1-3H3. The Morgan fingerprint density at radius 3 is 2.69 bits per heavy atom. The van der Waals surface area contributed by atoms with Crippen molar-refractivity contribution in [3.05, 3.63) is 0 Å². The molecule has 0 aromatic heterocycles. The fourth-order valence-corrected chi connectivity index (χ4v) is 1.51. The van der Waals surface area contributed by atoms with Crippen LogP contribution in [0.2, 0.25) is 0 Å². The van der Waals surface area contributed by atoms with Crippen molar-refractivity contribution in [3.8, 4) is 0 Å². The van der Waals surface area contributed by atoms with Crippen molar-refractivity contribution in [2.24, 2.45) is 0 Å². The fraction of sp³-hybridized carbons (Fsp3) is 0.778. The summed E-state index contributed by atoms with van der Waals surface area (Å²) in [6.45, 7) is 4.83. The monoisotopic (exact) mass is 184 g/mol. The van der Waals surface area contributed by atoms with Crippen molar-refractivity contribution in [2.75, 3.05) is 13.6 Å². The van der Waals surface area contributed by atoms with Gasteiger partial charge < -0.3 is 0 Å². The zero-order chi connectivity index (χ0) is 10.1. The van der Waals surface area contributed by atoms with E-state index in [9.17, 15) is 9.59 Å². The highest BCUT2D eigenvalue weighted by Gasteiger charge is 2.34. The summed E-state index contributed by atoms with van der Waals surface area (Å²) in [5, 5.41) is 3.14. The minimum absolute atomic E-state index is 0.207. The van der Waals surface area contributed by atoms with E-state index < -0.39 is 0 Å². The summed E-state index contributed by atoms with van der Waals surface area (Å²) >= 11 is 0. The number of rotatable bonds is 2. The minimum Gasteiger partial charge on any atom is -0.295 e. The van der Waals surface area contributed by atoms with Gasteiger partial charge in [0.05, 0.1) is 11.7 Å². The van der Waals surface area contributed by atoms with Crippen LogP contribution in [-0.4, -0.2) is 42.3 Å². The van der Waals surface area contributed by atoms with E-state index in [0.29, 0.717) is 12.7 Å². The third kappa shape index (κ3) is 2.14. The number of hydrogen-bond acceptors (Lipinski definition) is 4. The van der Waals surface area contributed by atoms with Crippen molar-refractivity contribution in [1.29, 1.82) is 0 Å². The molecule has 0 amide bonds. The maximum absolute atomic E-state index is 11.1. The molecule has 1 unspecified atom stereocenters. The second-order valence-corrected chi connectivity index (χ2v) is 3.99. The molecule has 0 bridgehead atoms. The molecule has 13 heavy (non-hydrogen) atoms. The van der Waals surface area contributed by atoms with E-state index >= 15 is 0 Å². The number of Topliss-reactive ketones (excluding diaryl/α,β-unsaturated/α-hetero) is 1. The Labute approximate surface area is 78.3 Å². The molecule has 1 saturated heterocycles. The highest BCUT2D eigenvalue weighted by atomic mass is 16.2. The van der Waals surface area contributed by atoms with Crippen LogP contribution in [0.4, 0.5) is 0 Å². The lowest BCUT2D eigenvalue weighted by Gasteiger charge is -2.43. The second kappa shape index (κ2) is 3.55. The number of nitrogens with one attached hydrogen (secondary N) is 1. The Morgan fingerprint density at radius 1 is 1.62 bits per heavy atom. The van der Waals surface area contributed by atoms with Crippen LogP contribution in [0.25, 0.3) is 0 Å². The summed E-state index contributed by atoms with van der Waals surface area (Å²) in [6.07, 6.45) is 1.11. The Bertz CT molecular complexity index is 226. The third-order valence-electron chi connectivity index (χ3n) is 2.69. The van der Waals surface area contributed by atoms with Gasteiger partial charge in [-0.1, -0.05) is 0 Å². The van der Waals surface area contributed by atoms with Gasteiger partial charge in [0.25, 0.3) is 0 Å². The number of carbonyl (C=O) groups is 2. The molecule has 0 spiro atoms. The second-order valence-electron chi connectivity index (χ2n) is 3.99. The Balaban J connectivity index is 2.65. The van der Waals surface area contributed by atoms with Crippen LogP contribution in [0.1, 0.15) is 20.3 Å². The molecule has 0 aromatic rings. The summed E-state index contributed by atoms with van der Waals surface area (Å²) in [5.74, 6) is -0.346.